The van der Waals surface area contributed by atoms with Crippen LogP contribution in [0.25, 0.3) is 0 Å². The molecule has 0 saturated heterocycles. The van der Waals surface area contributed by atoms with Gasteiger partial charge in [0, 0.05) is 16.8 Å². The Morgan fingerprint density at radius 1 is 1.13 bits per heavy atom. The molecule has 2 aromatic rings. The van der Waals surface area contributed by atoms with E-state index < -0.39 is 5.97 Å². The first-order chi connectivity index (χ1) is 14.6. The van der Waals surface area contributed by atoms with Crippen LogP contribution in [0, 0.1) is 12.8 Å². The number of aryl methyl sites for hydroxylation is 1. The van der Waals surface area contributed by atoms with E-state index in [0.29, 0.717) is 0 Å². The van der Waals surface area contributed by atoms with Crippen LogP contribution < -0.4 is 5.32 Å². The van der Waals surface area contributed by atoms with Crippen LogP contribution in [-0.2, 0) is 4.79 Å². The van der Waals surface area contributed by atoms with Gasteiger partial charge in [0.05, 0.1) is 11.6 Å². The maximum atomic E-state index is 11.4. The quantitative estimate of drug-likeness (QED) is 0.748. The molecule has 1 fully saturated rings. The normalized spacial score (nSPS) is 24.8. The highest BCUT2D eigenvalue weighted by molar-refractivity contribution is 6.16. The van der Waals surface area contributed by atoms with Gasteiger partial charge >= 0.3 is 5.97 Å². The second-order valence-corrected chi connectivity index (χ2v) is 8.38. The minimum Gasteiger partial charge on any atom is -0.481 e. The summed E-state index contributed by atoms with van der Waals surface area (Å²) < 4.78 is 0. The van der Waals surface area contributed by atoms with Gasteiger partial charge in [0.25, 0.3) is 0 Å². The number of rotatable bonds is 5. The van der Waals surface area contributed by atoms with E-state index in [9.17, 15) is 9.90 Å². The molecule has 152 valence electrons. The number of aliphatic carboxylic acids is 1. The topological polar surface area (TPSA) is 74.0 Å². The molecule has 2 N–H and O–H groups in total. The first kappa shape index (κ1) is 18.8. The van der Waals surface area contributed by atoms with E-state index in [1.807, 2.05) is 18.2 Å². The maximum Gasteiger partial charge on any atom is 0.307 e. The fourth-order valence-corrected chi connectivity index (χ4v) is 4.53. The van der Waals surface area contributed by atoms with Crippen molar-refractivity contribution in [1.29, 1.82) is 0 Å². The van der Waals surface area contributed by atoms with Crippen molar-refractivity contribution in [2.24, 2.45) is 15.9 Å². The number of fused-ring (bicyclic) bond motifs is 1. The van der Waals surface area contributed by atoms with Crippen molar-refractivity contribution in [2.75, 3.05) is 5.32 Å². The average molecular weight is 399 g/mol. The van der Waals surface area contributed by atoms with Crippen LogP contribution >= 0.6 is 0 Å². The Morgan fingerprint density at radius 2 is 1.97 bits per heavy atom. The predicted octanol–water partition coefficient (Wildman–Crippen LogP) is 4.93. The Labute approximate surface area is 176 Å². The molecule has 0 aromatic heterocycles. The molecule has 2 aromatic carbocycles. The van der Waals surface area contributed by atoms with Crippen LogP contribution in [0.3, 0.4) is 0 Å². The lowest BCUT2D eigenvalue weighted by Crippen LogP contribution is -2.31. The Balaban J connectivity index is 1.42. The van der Waals surface area contributed by atoms with Crippen molar-refractivity contribution in [3.05, 3.63) is 76.9 Å². The summed E-state index contributed by atoms with van der Waals surface area (Å²) in [6, 6.07) is 16.5. The van der Waals surface area contributed by atoms with Gasteiger partial charge in [0.2, 0.25) is 0 Å². The Kier molecular flexibility index (Phi) is 4.74. The highest BCUT2D eigenvalue weighted by Crippen LogP contribution is 2.43. The monoisotopic (exact) mass is 399 g/mol. The molecule has 0 spiro atoms. The lowest BCUT2D eigenvalue weighted by atomic mass is 9.70. The number of aliphatic imine (C=N–C) groups is 2. The smallest absolute Gasteiger partial charge is 0.307 e. The third-order valence-electron chi connectivity index (χ3n) is 6.38. The number of anilines is 1. The lowest BCUT2D eigenvalue weighted by Gasteiger charge is -2.34. The van der Waals surface area contributed by atoms with E-state index in [0.717, 1.165) is 59.6 Å². The number of nitrogens with zero attached hydrogens (tertiary/aromatic N) is 2. The fourth-order valence-electron chi connectivity index (χ4n) is 4.53. The summed E-state index contributed by atoms with van der Waals surface area (Å²) in [6.45, 7) is 2.07. The second kappa shape index (κ2) is 7.56. The zero-order chi connectivity index (χ0) is 20.7. The van der Waals surface area contributed by atoms with E-state index in [1.54, 1.807) is 0 Å². The van der Waals surface area contributed by atoms with E-state index in [1.165, 1.54) is 5.56 Å². The molecule has 3 aliphatic rings. The SMILES string of the molecule is Cc1ccc(C2=NC(Nc3cccc(C4CCC4C(=O)O)c3)C3=CCCC3=N2)cc1. The molecule has 2 aliphatic carbocycles. The number of hydrogen-bond donors (Lipinski definition) is 2. The maximum absolute atomic E-state index is 11.4. The van der Waals surface area contributed by atoms with Gasteiger partial charge in [-0.05, 0) is 56.2 Å². The van der Waals surface area contributed by atoms with Crippen LogP contribution in [0.5, 0.6) is 0 Å². The first-order valence-electron chi connectivity index (χ1n) is 10.6. The van der Waals surface area contributed by atoms with Crippen LogP contribution in [0.2, 0.25) is 0 Å². The molecule has 0 amide bonds. The summed E-state index contributed by atoms with van der Waals surface area (Å²) in [5.74, 6) is -0.0914. The third kappa shape index (κ3) is 3.45. The van der Waals surface area contributed by atoms with Crippen LogP contribution in [0.4, 0.5) is 5.69 Å². The van der Waals surface area contributed by atoms with Crippen molar-refractivity contribution >= 4 is 23.2 Å². The van der Waals surface area contributed by atoms with Crippen molar-refractivity contribution < 1.29 is 9.90 Å². The predicted molar refractivity (Wildman–Crippen MR) is 119 cm³/mol. The highest BCUT2D eigenvalue weighted by Gasteiger charge is 2.37. The van der Waals surface area contributed by atoms with Crippen molar-refractivity contribution in [2.45, 2.75) is 44.7 Å². The van der Waals surface area contributed by atoms with Crippen molar-refractivity contribution in [3.8, 4) is 0 Å². The van der Waals surface area contributed by atoms with E-state index in [-0.39, 0.29) is 18.0 Å². The molecular formula is C25H25N3O2. The van der Waals surface area contributed by atoms with Gasteiger partial charge in [-0.3, -0.25) is 4.79 Å². The van der Waals surface area contributed by atoms with E-state index in [4.69, 9.17) is 9.98 Å². The summed E-state index contributed by atoms with van der Waals surface area (Å²) in [5, 5.41) is 13.0. The van der Waals surface area contributed by atoms with Gasteiger partial charge in [0.15, 0.2) is 5.84 Å². The number of carboxylic acids is 1. The summed E-state index contributed by atoms with van der Waals surface area (Å²) in [5.41, 5.74) is 6.56. The lowest BCUT2D eigenvalue weighted by molar-refractivity contribution is -0.145. The molecule has 0 bridgehead atoms. The highest BCUT2D eigenvalue weighted by atomic mass is 16.4. The van der Waals surface area contributed by atoms with Gasteiger partial charge in [-0.1, -0.05) is 48.0 Å². The van der Waals surface area contributed by atoms with E-state index in [2.05, 4.69) is 48.6 Å². The molecule has 5 heteroatoms. The Morgan fingerprint density at radius 3 is 2.70 bits per heavy atom. The van der Waals surface area contributed by atoms with Crippen molar-refractivity contribution in [1.82, 2.24) is 0 Å². The number of carboxylic acid groups (broad SMARTS) is 1. The minimum atomic E-state index is -0.693. The molecule has 1 saturated carbocycles. The molecular weight excluding hydrogens is 374 g/mol. The molecule has 3 unspecified atom stereocenters. The molecule has 5 rings (SSSR count). The second-order valence-electron chi connectivity index (χ2n) is 8.38. The Hall–Kier alpha value is -3.21. The molecule has 3 atom stereocenters. The number of hydrogen-bond acceptors (Lipinski definition) is 4. The van der Waals surface area contributed by atoms with Gasteiger partial charge in [-0.2, -0.15) is 0 Å². The zero-order valence-corrected chi connectivity index (χ0v) is 17.0. The number of nitrogens with one attached hydrogen (secondary N) is 1. The number of amidine groups is 1. The van der Waals surface area contributed by atoms with Gasteiger partial charge < -0.3 is 10.4 Å². The summed E-state index contributed by atoms with van der Waals surface area (Å²) in [6.07, 6.45) is 5.68. The average Bonchev–Trinajstić information content (AvgIpc) is 3.16. The van der Waals surface area contributed by atoms with Gasteiger partial charge in [-0.25, -0.2) is 9.98 Å². The van der Waals surface area contributed by atoms with E-state index >= 15 is 0 Å². The van der Waals surface area contributed by atoms with Crippen LogP contribution in [0.15, 0.2) is 70.2 Å². The third-order valence-corrected chi connectivity index (χ3v) is 6.38. The zero-order valence-electron chi connectivity index (χ0n) is 17.0. The summed E-state index contributed by atoms with van der Waals surface area (Å²) >= 11 is 0. The van der Waals surface area contributed by atoms with Gasteiger partial charge in [0.1, 0.15) is 6.17 Å². The van der Waals surface area contributed by atoms with Gasteiger partial charge in [-0.15, -0.1) is 0 Å². The Bertz CT molecular complexity index is 1080. The first-order valence-corrected chi connectivity index (χ1v) is 10.6. The van der Waals surface area contributed by atoms with Crippen molar-refractivity contribution in [3.63, 3.8) is 0 Å². The standard InChI is InChI=1S/C25H25N3O2/c1-15-8-10-16(11-9-15)23-27-22-7-3-6-21(22)24(28-23)26-18-5-2-4-17(14-18)19-12-13-20(19)25(29)30/h2,4-6,8-11,14,19-20,24,26H,3,7,12-13H2,1H3,(H,29,30). The number of allylic oxidation sites excluding steroid dienone is 1. The molecule has 0 radical (unpaired) electrons. The van der Waals surface area contributed by atoms with Crippen LogP contribution in [-0.4, -0.2) is 28.8 Å². The molecule has 1 heterocycles. The number of benzene rings is 2. The molecule has 1 aliphatic heterocycles. The molecule has 5 nitrogen and oxygen atoms in total. The minimum absolute atomic E-state index is 0.102. The van der Waals surface area contributed by atoms with Crippen LogP contribution in [0.1, 0.15) is 48.3 Å². The molecule has 30 heavy (non-hydrogen) atoms. The summed E-state index contributed by atoms with van der Waals surface area (Å²) in [7, 11) is 0. The fraction of sp³-hybridized carbons (Fsp3) is 0.320. The largest absolute Gasteiger partial charge is 0.481 e. The summed E-state index contributed by atoms with van der Waals surface area (Å²) in [4.78, 5) is 21.2. The number of carbonyl (C=O) groups is 1.